The lowest BCUT2D eigenvalue weighted by atomic mass is 9.87. The first-order valence-corrected chi connectivity index (χ1v) is 10.9. The Kier molecular flexibility index (Phi) is 4.58. The minimum absolute atomic E-state index is 0.340. The number of para-hydroxylation sites is 1. The summed E-state index contributed by atoms with van der Waals surface area (Å²) >= 11 is 0. The number of aromatic amines is 1. The number of hydrogen-bond acceptors (Lipinski definition) is 3. The van der Waals surface area contributed by atoms with Crippen LogP contribution in [0.25, 0.3) is 10.9 Å². The Morgan fingerprint density at radius 3 is 2.62 bits per heavy atom. The molecule has 4 amide bonds. The smallest absolute Gasteiger partial charge is 0.328 e. The zero-order valence-corrected chi connectivity index (χ0v) is 18.4. The van der Waals surface area contributed by atoms with Gasteiger partial charge in [0.2, 0.25) is 5.91 Å². The van der Waals surface area contributed by atoms with E-state index in [-0.39, 0.29) is 11.8 Å². The first-order chi connectivity index (χ1) is 15.3. The van der Waals surface area contributed by atoms with Crippen molar-refractivity contribution in [2.45, 2.75) is 45.3 Å². The van der Waals surface area contributed by atoms with Gasteiger partial charge in [-0.1, -0.05) is 48.0 Å². The van der Waals surface area contributed by atoms with Crippen LogP contribution in [0.15, 0.2) is 48.5 Å². The summed E-state index contributed by atoms with van der Waals surface area (Å²) < 4.78 is 0. The SMILES string of the molecule is Cc1ccc(CNC(=O)C(C)N2C(=O)N3CCc4c([nH]c5ccccc45)C3(C)C2=O)cc1. The molecule has 3 aromatic rings. The Morgan fingerprint density at radius 1 is 1.16 bits per heavy atom. The predicted molar refractivity (Wildman–Crippen MR) is 121 cm³/mol. The maximum atomic E-state index is 13.6. The summed E-state index contributed by atoms with van der Waals surface area (Å²) in [4.78, 5) is 45.9. The highest BCUT2D eigenvalue weighted by Gasteiger charge is 2.60. The fourth-order valence-corrected chi connectivity index (χ4v) is 4.92. The van der Waals surface area contributed by atoms with Crippen LogP contribution >= 0.6 is 0 Å². The molecular formula is C25H26N4O3. The largest absolute Gasteiger partial charge is 0.356 e. The number of carbonyl (C=O) groups is 3. The van der Waals surface area contributed by atoms with Crippen LogP contribution in [0.2, 0.25) is 0 Å². The van der Waals surface area contributed by atoms with Crippen molar-refractivity contribution in [3.05, 3.63) is 70.9 Å². The van der Waals surface area contributed by atoms with Crippen molar-refractivity contribution in [3.63, 3.8) is 0 Å². The van der Waals surface area contributed by atoms with Crippen molar-refractivity contribution in [3.8, 4) is 0 Å². The second-order valence-corrected chi connectivity index (χ2v) is 8.84. The third-order valence-corrected chi connectivity index (χ3v) is 6.85. The summed E-state index contributed by atoms with van der Waals surface area (Å²) in [6, 6.07) is 14.5. The number of hydrogen-bond donors (Lipinski definition) is 2. The lowest BCUT2D eigenvalue weighted by molar-refractivity contribution is -0.139. The Hall–Kier alpha value is -3.61. The van der Waals surface area contributed by atoms with Crippen molar-refractivity contribution in [2.75, 3.05) is 6.54 Å². The molecule has 7 heteroatoms. The van der Waals surface area contributed by atoms with Crippen LogP contribution in [0.1, 0.15) is 36.2 Å². The molecule has 2 N–H and O–H groups in total. The number of aromatic nitrogens is 1. The third-order valence-electron chi connectivity index (χ3n) is 6.85. The second kappa shape index (κ2) is 7.22. The number of aryl methyl sites for hydroxylation is 1. The summed E-state index contributed by atoms with van der Waals surface area (Å²) in [7, 11) is 0. The molecule has 2 unspecified atom stereocenters. The predicted octanol–water partition coefficient (Wildman–Crippen LogP) is 3.22. The number of benzene rings is 2. The van der Waals surface area contributed by atoms with Gasteiger partial charge < -0.3 is 15.2 Å². The number of imide groups is 1. The van der Waals surface area contributed by atoms with Gasteiger partial charge >= 0.3 is 6.03 Å². The molecule has 1 fully saturated rings. The van der Waals surface area contributed by atoms with Gasteiger partial charge in [-0.15, -0.1) is 0 Å². The van der Waals surface area contributed by atoms with Crippen molar-refractivity contribution in [2.24, 2.45) is 0 Å². The number of rotatable bonds is 4. The van der Waals surface area contributed by atoms with Gasteiger partial charge in [-0.2, -0.15) is 0 Å². The second-order valence-electron chi connectivity index (χ2n) is 8.84. The number of nitrogens with one attached hydrogen (secondary N) is 2. The molecule has 2 aromatic carbocycles. The molecule has 2 atom stereocenters. The molecule has 0 aliphatic carbocycles. The number of urea groups is 1. The highest BCUT2D eigenvalue weighted by Crippen LogP contribution is 2.44. The van der Waals surface area contributed by atoms with Crippen LogP contribution in [0, 0.1) is 6.92 Å². The lowest BCUT2D eigenvalue weighted by Gasteiger charge is -2.36. The molecule has 0 radical (unpaired) electrons. The molecule has 7 nitrogen and oxygen atoms in total. The molecule has 1 saturated heterocycles. The molecule has 2 aliphatic heterocycles. The van der Waals surface area contributed by atoms with E-state index in [1.165, 1.54) is 0 Å². The van der Waals surface area contributed by atoms with Crippen molar-refractivity contribution < 1.29 is 14.4 Å². The average molecular weight is 431 g/mol. The Labute approximate surface area is 186 Å². The maximum absolute atomic E-state index is 13.6. The Bertz CT molecular complexity index is 1250. The van der Waals surface area contributed by atoms with E-state index >= 15 is 0 Å². The van der Waals surface area contributed by atoms with Gasteiger partial charge in [0.1, 0.15) is 6.04 Å². The Balaban J connectivity index is 1.41. The molecule has 2 aliphatic rings. The first-order valence-electron chi connectivity index (χ1n) is 10.9. The van der Waals surface area contributed by atoms with E-state index < -0.39 is 17.6 Å². The van der Waals surface area contributed by atoms with E-state index in [1.807, 2.05) is 55.5 Å². The summed E-state index contributed by atoms with van der Waals surface area (Å²) in [6.45, 7) is 6.16. The number of H-pyrrole nitrogens is 1. The summed E-state index contributed by atoms with van der Waals surface area (Å²) in [5, 5.41) is 3.93. The van der Waals surface area contributed by atoms with E-state index in [9.17, 15) is 14.4 Å². The normalized spacial score (nSPS) is 21.0. The number of carbonyl (C=O) groups excluding carboxylic acids is 3. The molecule has 0 saturated carbocycles. The van der Waals surface area contributed by atoms with Crippen LogP contribution in [0.5, 0.6) is 0 Å². The third kappa shape index (κ3) is 2.84. The number of fused-ring (bicyclic) bond motifs is 5. The van der Waals surface area contributed by atoms with Gasteiger partial charge in [0.25, 0.3) is 5.91 Å². The van der Waals surface area contributed by atoms with E-state index in [4.69, 9.17) is 0 Å². The van der Waals surface area contributed by atoms with E-state index in [2.05, 4.69) is 10.3 Å². The highest BCUT2D eigenvalue weighted by atomic mass is 16.2. The molecule has 0 spiro atoms. The molecule has 0 bridgehead atoms. The zero-order valence-electron chi connectivity index (χ0n) is 18.4. The van der Waals surface area contributed by atoms with Crippen LogP contribution in [-0.2, 0) is 28.1 Å². The van der Waals surface area contributed by atoms with Crippen LogP contribution < -0.4 is 5.32 Å². The van der Waals surface area contributed by atoms with Gasteiger partial charge in [0, 0.05) is 24.0 Å². The quantitative estimate of drug-likeness (QED) is 0.624. The zero-order chi connectivity index (χ0) is 22.6. The van der Waals surface area contributed by atoms with E-state index in [0.29, 0.717) is 19.5 Å². The molecule has 164 valence electrons. The van der Waals surface area contributed by atoms with E-state index in [0.717, 1.165) is 38.2 Å². The van der Waals surface area contributed by atoms with Crippen LogP contribution in [-0.4, -0.2) is 45.2 Å². The fraction of sp³-hybridized carbons (Fsp3) is 0.320. The van der Waals surface area contributed by atoms with Crippen LogP contribution in [0.4, 0.5) is 4.79 Å². The minimum Gasteiger partial charge on any atom is -0.356 e. The summed E-state index contributed by atoms with van der Waals surface area (Å²) in [5.74, 6) is -0.722. The van der Waals surface area contributed by atoms with Gasteiger partial charge in [-0.05, 0) is 44.4 Å². The van der Waals surface area contributed by atoms with Crippen molar-refractivity contribution >= 4 is 28.7 Å². The molecule has 5 rings (SSSR count). The highest BCUT2D eigenvalue weighted by molar-refractivity contribution is 6.10. The molecular weight excluding hydrogens is 404 g/mol. The summed E-state index contributed by atoms with van der Waals surface area (Å²) in [5.41, 5.74) is 3.72. The standard InChI is InChI=1S/C25H26N4O3/c1-15-8-10-17(11-9-15)14-26-22(30)16(2)29-23(31)25(3)21-19(12-13-28(25)24(29)32)18-6-4-5-7-20(18)27-21/h4-11,16,27H,12-14H2,1-3H3,(H,26,30). The summed E-state index contributed by atoms with van der Waals surface area (Å²) in [6.07, 6.45) is 0.662. The average Bonchev–Trinajstić information content (AvgIpc) is 3.26. The first kappa shape index (κ1) is 20.3. The molecule has 3 heterocycles. The number of nitrogens with zero attached hydrogens (tertiary/aromatic N) is 2. The maximum Gasteiger partial charge on any atom is 0.328 e. The fourth-order valence-electron chi connectivity index (χ4n) is 4.92. The Morgan fingerprint density at radius 2 is 1.88 bits per heavy atom. The minimum atomic E-state index is -1.14. The topological polar surface area (TPSA) is 85.5 Å². The molecule has 1 aromatic heterocycles. The van der Waals surface area contributed by atoms with Gasteiger partial charge in [-0.25, -0.2) is 9.69 Å². The van der Waals surface area contributed by atoms with Gasteiger partial charge in [-0.3, -0.25) is 9.59 Å². The van der Waals surface area contributed by atoms with Crippen LogP contribution in [0.3, 0.4) is 0 Å². The molecule has 32 heavy (non-hydrogen) atoms. The van der Waals surface area contributed by atoms with Crippen molar-refractivity contribution in [1.82, 2.24) is 20.1 Å². The van der Waals surface area contributed by atoms with Crippen molar-refractivity contribution in [1.29, 1.82) is 0 Å². The monoisotopic (exact) mass is 430 g/mol. The van der Waals surface area contributed by atoms with E-state index in [1.54, 1.807) is 18.7 Å². The lowest BCUT2D eigenvalue weighted by Crippen LogP contribution is -2.49. The van der Waals surface area contributed by atoms with Gasteiger partial charge in [0.15, 0.2) is 5.54 Å². The number of amides is 4. The van der Waals surface area contributed by atoms with Gasteiger partial charge in [0.05, 0.1) is 5.69 Å².